The van der Waals surface area contributed by atoms with E-state index in [0.29, 0.717) is 7.57 Å². The van der Waals surface area contributed by atoms with E-state index in [-0.39, 0.29) is 0 Å². The van der Waals surface area contributed by atoms with Crippen molar-refractivity contribution in [2.75, 3.05) is 36.0 Å². The first-order valence-electron chi connectivity index (χ1n) is 8.85. The molecule has 126 valence electrons. The Hall–Kier alpha value is -1.47. The van der Waals surface area contributed by atoms with Gasteiger partial charge in [0.05, 0.1) is 10.6 Å². The van der Waals surface area contributed by atoms with Gasteiger partial charge in [0.25, 0.3) is 0 Å². The SMILES string of the molecule is [BH3-][PH+](c1ccc(N2CCCC2)cc1)c1ccc(N2CCCC2)cc1. The number of nitrogens with zero attached hydrogens (tertiary/aromatic N) is 2. The third-order valence-electron chi connectivity index (χ3n) is 4.97. The van der Waals surface area contributed by atoms with Crippen molar-refractivity contribution < 1.29 is 0 Å². The van der Waals surface area contributed by atoms with Crippen molar-refractivity contribution in [3.63, 3.8) is 0 Å². The van der Waals surface area contributed by atoms with Crippen LogP contribution < -0.4 is 20.4 Å². The molecule has 4 heteroatoms. The Balaban J connectivity index is 1.47. The largest absolute Gasteiger partial charge is 0.372 e. The average molecular weight is 338 g/mol. The summed E-state index contributed by atoms with van der Waals surface area (Å²) in [5, 5.41) is 3.24. The highest BCUT2D eigenvalue weighted by atomic mass is 31.1. The van der Waals surface area contributed by atoms with Gasteiger partial charge >= 0.3 is 0 Å². The van der Waals surface area contributed by atoms with Crippen LogP contribution in [-0.4, -0.2) is 33.7 Å². The molecular formula is C20H28BN2P. The van der Waals surface area contributed by atoms with Crippen molar-refractivity contribution >= 4 is 37.3 Å². The summed E-state index contributed by atoms with van der Waals surface area (Å²) in [5.74, 6) is 0. The Morgan fingerprint density at radius 3 is 1.25 bits per heavy atom. The molecule has 2 fully saturated rings. The molecule has 2 aliphatic heterocycles. The van der Waals surface area contributed by atoms with E-state index in [2.05, 4.69) is 58.3 Å². The molecule has 24 heavy (non-hydrogen) atoms. The van der Waals surface area contributed by atoms with E-state index < -0.39 is 7.80 Å². The summed E-state index contributed by atoms with van der Waals surface area (Å²) >= 11 is 0. The highest BCUT2D eigenvalue weighted by Gasteiger charge is 2.16. The van der Waals surface area contributed by atoms with E-state index in [4.69, 9.17) is 0 Å². The zero-order chi connectivity index (χ0) is 16.4. The third kappa shape index (κ3) is 3.33. The van der Waals surface area contributed by atoms with E-state index >= 15 is 0 Å². The number of hydrogen-bond acceptors (Lipinski definition) is 2. The fourth-order valence-electron chi connectivity index (χ4n) is 3.63. The third-order valence-corrected chi connectivity index (χ3v) is 6.21. The quantitative estimate of drug-likeness (QED) is 0.624. The summed E-state index contributed by atoms with van der Waals surface area (Å²) in [6, 6.07) is 19.1. The second-order valence-corrected chi connectivity index (χ2v) is 8.01. The van der Waals surface area contributed by atoms with Crippen LogP contribution in [0.4, 0.5) is 11.4 Å². The first-order chi connectivity index (χ1) is 11.8. The average Bonchev–Trinajstić information content (AvgIpc) is 3.35. The van der Waals surface area contributed by atoms with Gasteiger partial charge in [0.1, 0.15) is 7.57 Å². The summed E-state index contributed by atoms with van der Waals surface area (Å²) in [5.41, 5.74) is 2.85. The van der Waals surface area contributed by atoms with Crippen molar-refractivity contribution in [3.05, 3.63) is 48.5 Å². The molecule has 0 N–H and O–H groups in total. The van der Waals surface area contributed by atoms with Crippen LogP contribution in [-0.2, 0) is 0 Å². The van der Waals surface area contributed by atoms with Crippen LogP contribution in [0.2, 0.25) is 0 Å². The Morgan fingerprint density at radius 2 is 0.917 bits per heavy atom. The Bertz CT molecular complexity index is 600. The van der Waals surface area contributed by atoms with Gasteiger partial charge in [-0.15, -0.1) is 7.80 Å². The molecule has 0 amide bonds. The molecule has 0 aliphatic carbocycles. The molecule has 2 nitrogen and oxygen atoms in total. The second-order valence-electron chi connectivity index (χ2n) is 6.61. The molecule has 2 aromatic rings. The molecule has 2 heterocycles. The first-order valence-corrected chi connectivity index (χ1v) is 9.85. The molecule has 2 saturated heterocycles. The van der Waals surface area contributed by atoms with E-state index in [9.17, 15) is 0 Å². The van der Waals surface area contributed by atoms with Crippen LogP contribution >= 0.6 is 7.80 Å². The predicted molar refractivity (Wildman–Crippen MR) is 113 cm³/mol. The summed E-state index contributed by atoms with van der Waals surface area (Å²) in [4.78, 5) is 5.06. The normalized spacial score (nSPS) is 17.9. The van der Waals surface area contributed by atoms with E-state index in [1.54, 1.807) is 10.6 Å². The van der Waals surface area contributed by atoms with Gasteiger partial charge < -0.3 is 9.80 Å². The van der Waals surface area contributed by atoms with Crippen molar-refractivity contribution in [3.8, 4) is 0 Å². The van der Waals surface area contributed by atoms with Gasteiger partial charge in [-0.2, -0.15) is 0 Å². The monoisotopic (exact) mass is 338 g/mol. The molecule has 0 bridgehead atoms. The smallest absolute Gasteiger partial charge is 0.135 e. The highest BCUT2D eigenvalue weighted by molar-refractivity contribution is 7.94. The van der Waals surface area contributed by atoms with Crippen molar-refractivity contribution in [1.82, 2.24) is 0 Å². The fraction of sp³-hybridized carbons (Fsp3) is 0.400. The maximum Gasteiger partial charge on any atom is 0.135 e. The van der Waals surface area contributed by atoms with Gasteiger partial charge in [-0.25, -0.2) is 0 Å². The highest BCUT2D eigenvalue weighted by Crippen LogP contribution is 2.30. The van der Waals surface area contributed by atoms with Crippen molar-refractivity contribution in [1.29, 1.82) is 0 Å². The van der Waals surface area contributed by atoms with Gasteiger partial charge in [-0.05, 0) is 74.2 Å². The summed E-state index contributed by atoms with van der Waals surface area (Å²) in [7, 11) is -0.0839. The topological polar surface area (TPSA) is 6.48 Å². The van der Waals surface area contributed by atoms with Crippen molar-refractivity contribution in [2.24, 2.45) is 0 Å². The Labute approximate surface area is 148 Å². The molecule has 0 spiro atoms. The van der Waals surface area contributed by atoms with Crippen molar-refractivity contribution in [2.45, 2.75) is 25.7 Å². The lowest BCUT2D eigenvalue weighted by Crippen LogP contribution is -2.19. The van der Waals surface area contributed by atoms with Crippen LogP contribution in [0.25, 0.3) is 0 Å². The fourth-order valence-corrected chi connectivity index (χ4v) is 4.63. The Morgan fingerprint density at radius 1 is 0.583 bits per heavy atom. The van der Waals surface area contributed by atoms with Gasteiger partial charge in [0, 0.05) is 37.6 Å². The summed E-state index contributed by atoms with van der Waals surface area (Å²) in [6.45, 7) is 4.96. The first kappa shape index (κ1) is 16.0. The van der Waals surface area contributed by atoms with Gasteiger partial charge in [0.15, 0.2) is 0 Å². The standard InChI is InChI=1S/C20H28BN2P/c21-24(19-9-5-17(6-10-19)22-13-1-2-14-22)20-11-7-18(8-12-20)23-15-3-4-16-23/h5-12,24H,1-4,13-16H2,21H3. The van der Waals surface area contributed by atoms with Gasteiger partial charge in [0.2, 0.25) is 0 Å². The lowest BCUT2D eigenvalue weighted by molar-refractivity contribution is 0.949. The zero-order valence-corrected chi connectivity index (χ0v) is 14.7. The minimum Gasteiger partial charge on any atom is -0.372 e. The van der Waals surface area contributed by atoms with E-state index in [1.807, 2.05) is 0 Å². The minimum absolute atomic E-state index is 0.327. The van der Waals surface area contributed by atoms with E-state index in [1.165, 1.54) is 63.2 Å². The van der Waals surface area contributed by atoms with Crippen LogP contribution in [0.1, 0.15) is 25.7 Å². The zero-order valence-electron chi connectivity index (χ0n) is 13.7. The maximum absolute atomic E-state index is 2.53. The molecule has 0 unspecified atom stereocenters. The molecule has 0 aromatic heterocycles. The molecule has 0 saturated carbocycles. The lowest BCUT2D eigenvalue weighted by Gasteiger charge is -2.20. The second kappa shape index (κ2) is 7.19. The molecular weight excluding hydrogens is 310 g/mol. The molecule has 2 aliphatic rings. The molecule has 2 aromatic carbocycles. The molecule has 0 atom stereocenters. The van der Waals surface area contributed by atoms with Crippen LogP contribution in [0.15, 0.2) is 48.5 Å². The van der Waals surface area contributed by atoms with Gasteiger partial charge in [-0.1, -0.05) is 0 Å². The van der Waals surface area contributed by atoms with Gasteiger partial charge in [-0.3, -0.25) is 0 Å². The summed E-state index contributed by atoms with van der Waals surface area (Å²) < 4.78 is 0. The van der Waals surface area contributed by atoms with Crippen LogP contribution in [0, 0.1) is 0 Å². The number of hydrogen-bond donors (Lipinski definition) is 0. The van der Waals surface area contributed by atoms with Crippen LogP contribution in [0.3, 0.4) is 0 Å². The number of rotatable bonds is 4. The molecule has 0 radical (unpaired) electrons. The number of anilines is 2. The van der Waals surface area contributed by atoms with Crippen LogP contribution in [0.5, 0.6) is 0 Å². The summed E-state index contributed by atoms with van der Waals surface area (Å²) in [6.07, 6.45) is 5.41. The van der Waals surface area contributed by atoms with E-state index in [0.717, 1.165) is 0 Å². The minimum atomic E-state index is -0.411. The molecule has 4 rings (SSSR count). The lowest BCUT2D eigenvalue weighted by atomic mass is 10.3. The maximum atomic E-state index is 2.53. The predicted octanol–water partition coefficient (Wildman–Crippen LogP) is 2.33. The Kier molecular flexibility index (Phi) is 4.80. The number of benzene rings is 2.